The molecule has 1 aliphatic rings. The highest BCUT2D eigenvalue weighted by atomic mass is 35.5. The Kier molecular flexibility index (Phi) is 4.05. The van der Waals surface area contributed by atoms with Gasteiger partial charge >= 0.3 is 0 Å². The van der Waals surface area contributed by atoms with Gasteiger partial charge in [0.05, 0.1) is 10.7 Å². The molecule has 1 fully saturated rings. The highest BCUT2D eigenvalue weighted by Gasteiger charge is 2.13. The lowest BCUT2D eigenvalue weighted by molar-refractivity contribution is 0.373. The van der Waals surface area contributed by atoms with Gasteiger partial charge in [0.15, 0.2) is 0 Å². The Morgan fingerprint density at radius 3 is 2.69 bits per heavy atom. The molecule has 0 bridgehead atoms. The van der Waals surface area contributed by atoms with Crippen LogP contribution in [0, 0.1) is 11.7 Å². The Morgan fingerprint density at radius 2 is 2.00 bits per heavy atom. The van der Waals surface area contributed by atoms with Crippen molar-refractivity contribution < 1.29 is 4.39 Å². The van der Waals surface area contributed by atoms with E-state index in [4.69, 9.17) is 11.6 Å². The molecule has 88 valence electrons. The standard InChI is InChI=1S/C13H17ClFN/c14-12-8-11(15)6-7-13(12)16-9-10-4-2-1-3-5-10/h6-8,10,16H,1-5,9H2. The molecule has 1 aromatic rings. The van der Waals surface area contributed by atoms with Crippen LogP contribution in [0.3, 0.4) is 0 Å². The number of nitrogens with one attached hydrogen (secondary N) is 1. The molecule has 1 aromatic carbocycles. The molecule has 0 aliphatic heterocycles. The highest BCUT2D eigenvalue weighted by Crippen LogP contribution is 2.26. The summed E-state index contributed by atoms with van der Waals surface area (Å²) in [6.07, 6.45) is 6.64. The van der Waals surface area contributed by atoms with Crippen molar-refractivity contribution in [1.29, 1.82) is 0 Å². The molecule has 1 nitrogen and oxygen atoms in total. The summed E-state index contributed by atoms with van der Waals surface area (Å²) in [6, 6.07) is 4.50. The van der Waals surface area contributed by atoms with Crippen molar-refractivity contribution in [2.75, 3.05) is 11.9 Å². The van der Waals surface area contributed by atoms with Gasteiger partial charge in [0, 0.05) is 6.54 Å². The third kappa shape index (κ3) is 3.11. The van der Waals surface area contributed by atoms with Gasteiger partial charge in [0.25, 0.3) is 0 Å². The minimum absolute atomic E-state index is 0.284. The topological polar surface area (TPSA) is 12.0 Å². The number of halogens is 2. The van der Waals surface area contributed by atoms with Crippen molar-refractivity contribution in [3.63, 3.8) is 0 Å². The van der Waals surface area contributed by atoms with E-state index in [0.717, 1.165) is 18.2 Å². The summed E-state index contributed by atoms with van der Waals surface area (Å²) in [7, 11) is 0. The quantitative estimate of drug-likeness (QED) is 0.823. The van der Waals surface area contributed by atoms with E-state index in [1.807, 2.05) is 0 Å². The molecule has 1 saturated carbocycles. The fourth-order valence-corrected chi connectivity index (χ4v) is 2.51. The number of hydrogen-bond acceptors (Lipinski definition) is 1. The first-order chi connectivity index (χ1) is 7.75. The van der Waals surface area contributed by atoms with Crippen LogP contribution in [0.25, 0.3) is 0 Å². The first kappa shape index (κ1) is 11.7. The van der Waals surface area contributed by atoms with E-state index in [9.17, 15) is 4.39 Å². The summed E-state index contributed by atoms with van der Waals surface area (Å²) in [5, 5.41) is 3.78. The van der Waals surface area contributed by atoms with Crippen molar-refractivity contribution >= 4 is 17.3 Å². The molecule has 0 amide bonds. The van der Waals surface area contributed by atoms with Crippen LogP contribution in [0.5, 0.6) is 0 Å². The third-order valence-corrected chi connectivity index (χ3v) is 3.55. The molecule has 0 radical (unpaired) electrons. The van der Waals surface area contributed by atoms with Crippen LogP contribution in [-0.4, -0.2) is 6.54 Å². The van der Waals surface area contributed by atoms with Gasteiger partial charge in [0.2, 0.25) is 0 Å². The summed E-state index contributed by atoms with van der Waals surface area (Å²) in [5.74, 6) is 0.461. The molecule has 0 unspecified atom stereocenters. The van der Waals surface area contributed by atoms with E-state index < -0.39 is 0 Å². The maximum atomic E-state index is 12.8. The smallest absolute Gasteiger partial charge is 0.124 e. The lowest BCUT2D eigenvalue weighted by Crippen LogP contribution is -2.17. The summed E-state index contributed by atoms with van der Waals surface area (Å²) < 4.78 is 12.8. The van der Waals surface area contributed by atoms with E-state index in [1.54, 1.807) is 6.07 Å². The van der Waals surface area contributed by atoms with Crippen molar-refractivity contribution in [2.24, 2.45) is 5.92 Å². The van der Waals surface area contributed by atoms with E-state index in [1.165, 1.54) is 44.2 Å². The van der Waals surface area contributed by atoms with Crippen molar-refractivity contribution in [1.82, 2.24) is 0 Å². The molecule has 0 heterocycles. The highest BCUT2D eigenvalue weighted by molar-refractivity contribution is 6.33. The maximum absolute atomic E-state index is 12.8. The Balaban J connectivity index is 1.88. The fraction of sp³-hybridized carbons (Fsp3) is 0.538. The predicted octanol–water partition coefficient (Wildman–Crippen LogP) is 4.47. The first-order valence-corrected chi connectivity index (χ1v) is 6.32. The Hall–Kier alpha value is -0.760. The largest absolute Gasteiger partial charge is 0.384 e. The van der Waals surface area contributed by atoms with Gasteiger partial charge in [-0.3, -0.25) is 0 Å². The first-order valence-electron chi connectivity index (χ1n) is 5.94. The second kappa shape index (κ2) is 5.53. The molecular formula is C13H17ClFN. The number of benzene rings is 1. The van der Waals surface area contributed by atoms with Gasteiger partial charge < -0.3 is 5.32 Å². The number of rotatable bonds is 3. The van der Waals surface area contributed by atoms with Gasteiger partial charge in [-0.15, -0.1) is 0 Å². The van der Waals surface area contributed by atoms with Gasteiger partial charge in [-0.05, 0) is 37.0 Å². The van der Waals surface area contributed by atoms with E-state index in [2.05, 4.69) is 5.32 Å². The lowest BCUT2D eigenvalue weighted by atomic mass is 9.89. The van der Waals surface area contributed by atoms with Crippen molar-refractivity contribution in [3.05, 3.63) is 29.0 Å². The molecule has 1 N–H and O–H groups in total. The second-order valence-electron chi connectivity index (χ2n) is 4.51. The van der Waals surface area contributed by atoms with Gasteiger partial charge in [-0.2, -0.15) is 0 Å². The minimum atomic E-state index is -0.284. The summed E-state index contributed by atoms with van der Waals surface area (Å²) >= 11 is 5.94. The van der Waals surface area contributed by atoms with Crippen molar-refractivity contribution in [2.45, 2.75) is 32.1 Å². The van der Waals surface area contributed by atoms with E-state index in [-0.39, 0.29) is 5.82 Å². The summed E-state index contributed by atoms with van der Waals surface area (Å²) in [4.78, 5) is 0. The molecule has 16 heavy (non-hydrogen) atoms. The van der Waals surface area contributed by atoms with Crippen LogP contribution in [0.1, 0.15) is 32.1 Å². The van der Waals surface area contributed by atoms with Crippen LogP contribution in [-0.2, 0) is 0 Å². The molecule has 0 spiro atoms. The third-order valence-electron chi connectivity index (χ3n) is 3.24. The zero-order valence-corrected chi connectivity index (χ0v) is 10.1. The number of hydrogen-bond donors (Lipinski definition) is 1. The maximum Gasteiger partial charge on any atom is 0.124 e. The minimum Gasteiger partial charge on any atom is -0.384 e. The Morgan fingerprint density at radius 1 is 1.25 bits per heavy atom. The zero-order chi connectivity index (χ0) is 11.4. The van der Waals surface area contributed by atoms with E-state index in [0.29, 0.717) is 5.02 Å². The molecule has 2 rings (SSSR count). The molecule has 1 aliphatic carbocycles. The fourth-order valence-electron chi connectivity index (χ4n) is 2.28. The van der Waals surface area contributed by atoms with Gasteiger partial charge in [-0.25, -0.2) is 4.39 Å². The average molecular weight is 242 g/mol. The lowest BCUT2D eigenvalue weighted by Gasteiger charge is -2.22. The predicted molar refractivity (Wildman–Crippen MR) is 66.5 cm³/mol. The van der Waals surface area contributed by atoms with Gasteiger partial charge in [-0.1, -0.05) is 30.9 Å². The Bertz CT molecular complexity index is 348. The second-order valence-corrected chi connectivity index (χ2v) is 4.92. The number of anilines is 1. The molecule has 0 saturated heterocycles. The molecule has 3 heteroatoms. The zero-order valence-electron chi connectivity index (χ0n) is 9.31. The summed E-state index contributed by atoms with van der Waals surface area (Å²) in [6.45, 7) is 0.950. The summed E-state index contributed by atoms with van der Waals surface area (Å²) in [5.41, 5.74) is 0.841. The van der Waals surface area contributed by atoms with Crippen LogP contribution >= 0.6 is 11.6 Å². The van der Waals surface area contributed by atoms with Crippen LogP contribution in [0.15, 0.2) is 18.2 Å². The Labute approximate surface area is 101 Å². The monoisotopic (exact) mass is 241 g/mol. The molecular weight excluding hydrogens is 225 g/mol. The normalized spacial score (nSPS) is 17.4. The van der Waals surface area contributed by atoms with E-state index >= 15 is 0 Å². The van der Waals surface area contributed by atoms with Crippen LogP contribution in [0.2, 0.25) is 5.02 Å². The van der Waals surface area contributed by atoms with Gasteiger partial charge in [0.1, 0.15) is 5.82 Å². The molecule has 0 aromatic heterocycles. The average Bonchev–Trinajstić information content (AvgIpc) is 2.29. The van der Waals surface area contributed by atoms with Crippen LogP contribution < -0.4 is 5.32 Å². The SMILES string of the molecule is Fc1ccc(NCC2CCCCC2)c(Cl)c1. The van der Waals surface area contributed by atoms with Crippen LogP contribution in [0.4, 0.5) is 10.1 Å². The van der Waals surface area contributed by atoms with Crippen molar-refractivity contribution in [3.8, 4) is 0 Å². The molecule has 0 atom stereocenters.